The van der Waals surface area contributed by atoms with Gasteiger partial charge in [0, 0.05) is 24.8 Å². The Morgan fingerprint density at radius 3 is 2.55 bits per heavy atom. The lowest BCUT2D eigenvalue weighted by atomic mass is 10.0. The van der Waals surface area contributed by atoms with Gasteiger partial charge in [-0.15, -0.1) is 0 Å². The van der Waals surface area contributed by atoms with Crippen molar-refractivity contribution in [2.75, 3.05) is 11.9 Å². The van der Waals surface area contributed by atoms with E-state index in [1.807, 2.05) is 66.7 Å². The third kappa shape index (κ3) is 4.27. The van der Waals surface area contributed by atoms with Crippen LogP contribution in [-0.4, -0.2) is 28.2 Å². The number of hydrogen-bond acceptors (Lipinski definition) is 4. The molecule has 0 aliphatic carbocycles. The zero-order valence-electron chi connectivity index (χ0n) is 15.9. The van der Waals surface area contributed by atoms with Crippen molar-refractivity contribution in [2.24, 2.45) is 0 Å². The molecule has 0 radical (unpaired) electrons. The summed E-state index contributed by atoms with van der Waals surface area (Å²) in [6.45, 7) is 0.685. The summed E-state index contributed by atoms with van der Waals surface area (Å²) in [6.07, 6.45) is 1.59. The lowest BCUT2D eigenvalue weighted by Crippen LogP contribution is -2.44. The van der Waals surface area contributed by atoms with Crippen LogP contribution in [0.5, 0.6) is 0 Å². The SMILES string of the molecule is O=C(CCN1C(=O)c2ccccc2NC1c1ccccc1)NCc1ccccn1. The summed E-state index contributed by atoms with van der Waals surface area (Å²) >= 11 is 0. The number of rotatable bonds is 6. The van der Waals surface area contributed by atoms with Crippen LogP contribution in [-0.2, 0) is 11.3 Å². The van der Waals surface area contributed by atoms with Crippen LogP contribution in [0, 0.1) is 0 Å². The first kappa shape index (κ1) is 18.7. The van der Waals surface area contributed by atoms with Crippen LogP contribution in [0.25, 0.3) is 0 Å². The van der Waals surface area contributed by atoms with E-state index in [-0.39, 0.29) is 24.4 Å². The molecule has 2 N–H and O–H groups in total. The zero-order valence-corrected chi connectivity index (χ0v) is 15.9. The number of benzene rings is 2. The van der Waals surface area contributed by atoms with E-state index in [0.29, 0.717) is 18.7 Å². The Morgan fingerprint density at radius 1 is 1.00 bits per heavy atom. The number of hydrogen-bond donors (Lipinski definition) is 2. The van der Waals surface area contributed by atoms with Gasteiger partial charge in [0.2, 0.25) is 5.91 Å². The molecule has 1 aliphatic rings. The van der Waals surface area contributed by atoms with E-state index >= 15 is 0 Å². The Hall–Kier alpha value is -3.67. The Morgan fingerprint density at radius 2 is 1.76 bits per heavy atom. The number of amides is 2. The zero-order chi connectivity index (χ0) is 20.1. The Balaban J connectivity index is 1.47. The Labute approximate surface area is 169 Å². The highest BCUT2D eigenvalue weighted by Gasteiger charge is 2.32. The summed E-state index contributed by atoms with van der Waals surface area (Å²) in [4.78, 5) is 31.4. The van der Waals surface area contributed by atoms with Crippen LogP contribution in [0.3, 0.4) is 0 Å². The fraction of sp³-hybridized carbons (Fsp3) is 0.174. The lowest BCUT2D eigenvalue weighted by molar-refractivity contribution is -0.121. The summed E-state index contributed by atoms with van der Waals surface area (Å²) < 4.78 is 0. The molecule has 1 atom stereocenters. The molecule has 6 heteroatoms. The van der Waals surface area contributed by atoms with Crippen LogP contribution in [0.2, 0.25) is 0 Å². The molecule has 146 valence electrons. The van der Waals surface area contributed by atoms with Crippen molar-refractivity contribution in [3.63, 3.8) is 0 Å². The average molecular weight is 386 g/mol. The molecule has 3 aromatic rings. The van der Waals surface area contributed by atoms with Crippen molar-refractivity contribution in [3.05, 3.63) is 95.8 Å². The number of para-hydroxylation sites is 1. The smallest absolute Gasteiger partial charge is 0.257 e. The highest BCUT2D eigenvalue weighted by molar-refractivity contribution is 6.01. The van der Waals surface area contributed by atoms with E-state index < -0.39 is 0 Å². The normalized spacial score (nSPS) is 15.4. The van der Waals surface area contributed by atoms with Crippen molar-refractivity contribution in [1.29, 1.82) is 0 Å². The topological polar surface area (TPSA) is 74.3 Å². The fourth-order valence-corrected chi connectivity index (χ4v) is 3.42. The van der Waals surface area contributed by atoms with E-state index in [1.54, 1.807) is 17.2 Å². The van der Waals surface area contributed by atoms with Gasteiger partial charge in [-0.25, -0.2) is 0 Å². The van der Waals surface area contributed by atoms with Crippen LogP contribution >= 0.6 is 0 Å². The average Bonchev–Trinajstić information content (AvgIpc) is 2.78. The molecular formula is C23H22N4O2. The molecule has 1 aliphatic heterocycles. The molecule has 4 rings (SSSR count). The summed E-state index contributed by atoms with van der Waals surface area (Å²) in [5.74, 6) is -0.195. The molecule has 2 heterocycles. The standard InChI is InChI=1S/C23H22N4O2/c28-21(25-16-18-10-6-7-14-24-18)13-15-27-22(17-8-2-1-3-9-17)26-20-12-5-4-11-19(20)23(27)29/h1-12,14,22,26H,13,15-16H2,(H,25,28). The summed E-state index contributed by atoms with van der Waals surface area (Å²) in [7, 11) is 0. The fourth-order valence-electron chi connectivity index (χ4n) is 3.42. The van der Waals surface area contributed by atoms with Crippen molar-refractivity contribution in [1.82, 2.24) is 15.2 Å². The largest absolute Gasteiger partial charge is 0.361 e. The Kier molecular flexibility index (Phi) is 5.52. The van der Waals surface area contributed by atoms with E-state index in [0.717, 1.165) is 16.9 Å². The van der Waals surface area contributed by atoms with Crippen molar-refractivity contribution in [3.8, 4) is 0 Å². The first-order chi connectivity index (χ1) is 14.2. The van der Waals surface area contributed by atoms with Gasteiger partial charge in [0.25, 0.3) is 5.91 Å². The van der Waals surface area contributed by atoms with Gasteiger partial charge < -0.3 is 15.5 Å². The molecular weight excluding hydrogens is 364 g/mol. The number of pyridine rings is 1. The van der Waals surface area contributed by atoms with Crippen molar-refractivity contribution >= 4 is 17.5 Å². The monoisotopic (exact) mass is 386 g/mol. The van der Waals surface area contributed by atoms with Crippen molar-refractivity contribution < 1.29 is 9.59 Å². The number of carbonyl (C=O) groups is 2. The lowest BCUT2D eigenvalue weighted by Gasteiger charge is -2.38. The molecule has 0 saturated carbocycles. The summed E-state index contributed by atoms with van der Waals surface area (Å²) in [5, 5.41) is 6.31. The van der Waals surface area contributed by atoms with Gasteiger partial charge in [-0.2, -0.15) is 0 Å². The molecule has 6 nitrogen and oxygen atoms in total. The summed E-state index contributed by atoms with van der Waals surface area (Å²) in [6, 6.07) is 22.8. The van der Waals surface area contributed by atoms with Crippen LogP contribution in [0.4, 0.5) is 5.69 Å². The first-order valence-electron chi connectivity index (χ1n) is 9.60. The van der Waals surface area contributed by atoms with Gasteiger partial charge in [-0.1, -0.05) is 48.5 Å². The van der Waals surface area contributed by atoms with Crippen LogP contribution in [0.15, 0.2) is 79.0 Å². The van der Waals surface area contributed by atoms with E-state index in [4.69, 9.17) is 0 Å². The second kappa shape index (κ2) is 8.56. The number of aromatic nitrogens is 1. The minimum absolute atomic E-state index is 0.0780. The molecule has 1 aromatic heterocycles. The van der Waals surface area contributed by atoms with Gasteiger partial charge in [-0.05, 0) is 29.8 Å². The number of carbonyl (C=O) groups excluding carboxylic acids is 2. The van der Waals surface area contributed by atoms with Crippen LogP contribution in [0.1, 0.15) is 34.2 Å². The van der Waals surface area contributed by atoms with E-state index in [2.05, 4.69) is 15.6 Å². The second-order valence-electron chi connectivity index (χ2n) is 6.85. The number of anilines is 1. The molecule has 0 spiro atoms. The minimum atomic E-state index is -0.317. The molecule has 1 unspecified atom stereocenters. The molecule has 0 bridgehead atoms. The van der Waals surface area contributed by atoms with Crippen LogP contribution < -0.4 is 10.6 Å². The van der Waals surface area contributed by atoms with E-state index in [1.165, 1.54) is 0 Å². The minimum Gasteiger partial charge on any atom is -0.361 e. The highest BCUT2D eigenvalue weighted by atomic mass is 16.2. The maximum Gasteiger partial charge on any atom is 0.257 e. The molecule has 0 fully saturated rings. The predicted molar refractivity (Wildman–Crippen MR) is 111 cm³/mol. The molecule has 0 saturated heterocycles. The predicted octanol–water partition coefficient (Wildman–Crippen LogP) is 3.35. The third-order valence-corrected chi connectivity index (χ3v) is 4.91. The van der Waals surface area contributed by atoms with E-state index in [9.17, 15) is 9.59 Å². The van der Waals surface area contributed by atoms with Gasteiger partial charge >= 0.3 is 0 Å². The molecule has 2 amide bonds. The first-order valence-corrected chi connectivity index (χ1v) is 9.60. The number of nitrogens with one attached hydrogen (secondary N) is 2. The van der Waals surface area contributed by atoms with Gasteiger partial charge in [0.15, 0.2) is 0 Å². The maximum atomic E-state index is 13.1. The third-order valence-electron chi connectivity index (χ3n) is 4.91. The quantitative estimate of drug-likeness (QED) is 0.681. The van der Waals surface area contributed by atoms with Crippen molar-refractivity contribution in [2.45, 2.75) is 19.1 Å². The number of nitrogens with zero attached hydrogens (tertiary/aromatic N) is 2. The Bertz CT molecular complexity index is 992. The van der Waals surface area contributed by atoms with Gasteiger partial charge in [0.1, 0.15) is 6.17 Å². The molecule has 2 aromatic carbocycles. The summed E-state index contributed by atoms with van der Waals surface area (Å²) in [5.41, 5.74) is 3.20. The highest BCUT2D eigenvalue weighted by Crippen LogP contribution is 2.32. The number of fused-ring (bicyclic) bond motifs is 1. The second-order valence-corrected chi connectivity index (χ2v) is 6.85. The van der Waals surface area contributed by atoms with Gasteiger partial charge in [0.05, 0.1) is 17.8 Å². The maximum absolute atomic E-state index is 13.1. The molecule has 29 heavy (non-hydrogen) atoms. The van der Waals surface area contributed by atoms with Gasteiger partial charge in [-0.3, -0.25) is 14.6 Å².